The minimum Gasteiger partial charge on any atom is -0.365 e. The molecule has 7 heteroatoms. The zero-order valence-electron chi connectivity index (χ0n) is 9.52. The van der Waals surface area contributed by atoms with E-state index in [9.17, 15) is 14.4 Å². The number of benzene rings is 1. The average Bonchev–Trinajstić information content (AvgIpc) is 2.59. The van der Waals surface area contributed by atoms with Crippen molar-refractivity contribution < 1.29 is 14.4 Å². The number of anilines is 2. The highest BCUT2D eigenvalue weighted by Gasteiger charge is 2.31. The largest absolute Gasteiger partial charge is 0.365 e. The Kier molecular flexibility index (Phi) is 3.52. The number of carbonyl (C=O) groups excluding carboxylic acids is 3. The fourth-order valence-electron chi connectivity index (χ4n) is 1.46. The predicted molar refractivity (Wildman–Crippen MR) is 69.3 cm³/mol. The summed E-state index contributed by atoms with van der Waals surface area (Å²) >= 11 is 0.903. The molecule has 94 valence electrons. The Bertz CT molecular complexity index is 501. The molecule has 3 amide bonds. The molecule has 3 N–H and O–H groups in total. The number of rotatable bonds is 3. The van der Waals surface area contributed by atoms with Crippen LogP contribution in [0, 0.1) is 0 Å². The lowest BCUT2D eigenvalue weighted by atomic mass is 10.2. The van der Waals surface area contributed by atoms with E-state index in [0.717, 1.165) is 11.8 Å². The molecule has 1 aliphatic rings. The topological polar surface area (TPSA) is 87.3 Å². The van der Waals surface area contributed by atoms with Crippen molar-refractivity contribution in [2.75, 3.05) is 10.6 Å². The van der Waals surface area contributed by atoms with E-state index in [1.165, 1.54) is 6.92 Å². The number of amides is 3. The lowest BCUT2D eigenvalue weighted by Gasteiger charge is -2.10. The van der Waals surface area contributed by atoms with Gasteiger partial charge in [0.25, 0.3) is 11.1 Å². The molecule has 0 unspecified atom stereocenters. The van der Waals surface area contributed by atoms with Crippen LogP contribution < -0.4 is 16.0 Å². The highest BCUT2D eigenvalue weighted by Crippen LogP contribution is 2.22. The Labute approximate surface area is 108 Å². The van der Waals surface area contributed by atoms with E-state index in [1.54, 1.807) is 24.3 Å². The van der Waals surface area contributed by atoms with Gasteiger partial charge in [0.05, 0.1) is 0 Å². The zero-order valence-corrected chi connectivity index (χ0v) is 10.3. The maximum Gasteiger partial charge on any atom is 0.288 e. The van der Waals surface area contributed by atoms with Crippen LogP contribution in [-0.2, 0) is 9.59 Å². The van der Waals surface area contributed by atoms with Gasteiger partial charge in [0.1, 0.15) is 0 Å². The van der Waals surface area contributed by atoms with E-state index in [-0.39, 0.29) is 17.1 Å². The maximum atomic E-state index is 11.3. The number of hydrogen-bond acceptors (Lipinski definition) is 5. The van der Waals surface area contributed by atoms with Gasteiger partial charge < -0.3 is 10.6 Å². The highest BCUT2D eigenvalue weighted by molar-refractivity contribution is 8.15. The SMILES string of the molecule is CC(=O)Nc1ccc(N[C@H]2SC(=O)NC2=O)cc1. The normalized spacial score (nSPS) is 18.4. The third kappa shape index (κ3) is 3.01. The van der Waals surface area contributed by atoms with Gasteiger partial charge in [0.2, 0.25) is 5.91 Å². The number of hydrogen-bond donors (Lipinski definition) is 3. The predicted octanol–water partition coefficient (Wildman–Crippen LogP) is 1.37. The van der Waals surface area contributed by atoms with Crippen molar-refractivity contribution in [1.29, 1.82) is 0 Å². The summed E-state index contributed by atoms with van der Waals surface area (Å²) in [5, 5.41) is 6.78. The van der Waals surface area contributed by atoms with Crippen molar-refractivity contribution in [3.63, 3.8) is 0 Å². The molecule has 1 aromatic carbocycles. The van der Waals surface area contributed by atoms with E-state index in [1.807, 2.05) is 0 Å². The molecular weight excluding hydrogens is 254 g/mol. The zero-order chi connectivity index (χ0) is 13.1. The molecule has 0 spiro atoms. The second-order valence-corrected chi connectivity index (χ2v) is 4.76. The molecule has 1 aromatic rings. The van der Waals surface area contributed by atoms with Crippen molar-refractivity contribution in [3.8, 4) is 0 Å². The first-order valence-electron chi connectivity index (χ1n) is 5.20. The van der Waals surface area contributed by atoms with Crippen molar-refractivity contribution >= 4 is 40.2 Å². The number of carbonyl (C=O) groups is 3. The van der Waals surface area contributed by atoms with Crippen LogP contribution in [0.15, 0.2) is 24.3 Å². The highest BCUT2D eigenvalue weighted by atomic mass is 32.2. The Morgan fingerprint density at radius 2 is 1.83 bits per heavy atom. The number of imide groups is 1. The molecule has 0 aromatic heterocycles. The van der Waals surface area contributed by atoms with E-state index in [2.05, 4.69) is 16.0 Å². The summed E-state index contributed by atoms with van der Waals surface area (Å²) in [6, 6.07) is 6.87. The fraction of sp³-hybridized carbons (Fsp3) is 0.182. The molecule has 0 radical (unpaired) electrons. The van der Waals surface area contributed by atoms with Crippen LogP contribution in [0.2, 0.25) is 0 Å². The molecule has 6 nitrogen and oxygen atoms in total. The van der Waals surface area contributed by atoms with Gasteiger partial charge in [-0.2, -0.15) is 0 Å². The van der Waals surface area contributed by atoms with Crippen LogP contribution >= 0.6 is 11.8 Å². The van der Waals surface area contributed by atoms with Crippen LogP contribution in [0.1, 0.15) is 6.92 Å². The molecule has 1 fully saturated rings. The van der Waals surface area contributed by atoms with Crippen molar-refractivity contribution in [1.82, 2.24) is 5.32 Å². The van der Waals surface area contributed by atoms with E-state index in [0.29, 0.717) is 11.4 Å². The maximum absolute atomic E-state index is 11.3. The molecule has 18 heavy (non-hydrogen) atoms. The van der Waals surface area contributed by atoms with Crippen LogP contribution in [0.4, 0.5) is 16.2 Å². The van der Waals surface area contributed by atoms with Gasteiger partial charge >= 0.3 is 0 Å². The smallest absolute Gasteiger partial charge is 0.288 e. The van der Waals surface area contributed by atoms with Crippen molar-refractivity contribution in [3.05, 3.63) is 24.3 Å². The van der Waals surface area contributed by atoms with Crippen LogP contribution in [-0.4, -0.2) is 22.4 Å². The first-order valence-corrected chi connectivity index (χ1v) is 6.08. The van der Waals surface area contributed by atoms with Gasteiger partial charge in [-0.3, -0.25) is 19.7 Å². The van der Waals surface area contributed by atoms with Gasteiger partial charge in [-0.05, 0) is 36.0 Å². The second-order valence-electron chi connectivity index (χ2n) is 3.68. The first kappa shape index (κ1) is 12.4. The summed E-state index contributed by atoms with van der Waals surface area (Å²) in [6.07, 6.45) is 0. The van der Waals surface area contributed by atoms with Crippen LogP contribution in [0.5, 0.6) is 0 Å². The minimum atomic E-state index is -0.607. The van der Waals surface area contributed by atoms with Crippen LogP contribution in [0.25, 0.3) is 0 Å². The third-order valence-corrected chi connectivity index (χ3v) is 3.08. The second kappa shape index (κ2) is 5.09. The lowest BCUT2D eigenvalue weighted by molar-refractivity contribution is -0.118. The molecule has 0 aliphatic carbocycles. The van der Waals surface area contributed by atoms with Crippen molar-refractivity contribution in [2.45, 2.75) is 12.3 Å². The number of nitrogens with one attached hydrogen (secondary N) is 3. The summed E-state index contributed by atoms with van der Waals surface area (Å²) in [6.45, 7) is 1.43. The molecule has 1 saturated heterocycles. The summed E-state index contributed by atoms with van der Waals surface area (Å²) in [5.74, 6) is -0.497. The Morgan fingerprint density at radius 1 is 1.22 bits per heavy atom. The monoisotopic (exact) mass is 265 g/mol. The summed E-state index contributed by atoms with van der Waals surface area (Å²) < 4.78 is 0. The summed E-state index contributed by atoms with van der Waals surface area (Å²) in [7, 11) is 0. The summed E-state index contributed by atoms with van der Waals surface area (Å²) in [5.41, 5.74) is 1.37. The molecule has 0 saturated carbocycles. The van der Waals surface area contributed by atoms with Crippen LogP contribution in [0.3, 0.4) is 0 Å². The van der Waals surface area contributed by atoms with E-state index in [4.69, 9.17) is 0 Å². The summed E-state index contributed by atoms with van der Waals surface area (Å²) in [4.78, 5) is 33.1. The van der Waals surface area contributed by atoms with Gasteiger partial charge in [0, 0.05) is 18.3 Å². The first-order chi connectivity index (χ1) is 8.54. The standard InChI is InChI=1S/C11H11N3O3S/c1-6(15)12-7-2-4-8(5-3-7)13-10-9(16)14-11(17)18-10/h2-5,10,13H,1H3,(H,12,15)(H,14,16,17)/t10-/m0/s1. The Morgan fingerprint density at radius 3 is 2.33 bits per heavy atom. The molecule has 1 heterocycles. The quantitative estimate of drug-likeness (QED) is 0.768. The molecular formula is C11H11N3O3S. The van der Waals surface area contributed by atoms with Crippen molar-refractivity contribution in [2.24, 2.45) is 0 Å². The molecule has 2 rings (SSSR count). The van der Waals surface area contributed by atoms with E-state index < -0.39 is 5.37 Å². The van der Waals surface area contributed by atoms with Gasteiger partial charge in [-0.15, -0.1) is 0 Å². The lowest BCUT2D eigenvalue weighted by Crippen LogP contribution is -2.29. The molecule has 1 atom stereocenters. The minimum absolute atomic E-state index is 0.146. The van der Waals surface area contributed by atoms with Gasteiger partial charge in [0.15, 0.2) is 5.37 Å². The molecule has 1 aliphatic heterocycles. The average molecular weight is 265 g/mol. The Hall–Kier alpha value is -2.02. The fourth-order valence-corrected chi connectivity index (χ4v) is 2.19. The van der Waals surface area contributed by atoms with E-state index >= 15 is 0 Å². The molecule has 0 bridgehead atoms. The third-order valence-electron chi connectivity index (χ3n) is 2.19. The number of thioether (sulfide) groups is 1. The van der Waals surface area contributed by atoms with Gasteiger partial charge in [-0.25, -0.2) is 0 Å². The Balaban J connectivity index is 2.00. The van der Waals surface area contributed by atoms with Gasteiger partial charge in [-0.1, -0.05) is 0 Å².